The van der Waals surface area contributed by atoms with Gasteiger partial charge in [-0.1, -0.05) is 12.1 Å². The van der Waals surface area contributed by atoms with Crippen molar-refractivity contribution in [2.24, 2.45) is 5.73 Å². The molecule has 0 fully saturated rings. The number of aromatic nitrogens is 4. The van der Waals surface area contributed by atoms with E-state index in [-0.39, 0.29) is 5.91 Å². The smallest absolute Gasteiger partial charge is 0.343 e. The number of imidazole rings is 2. The highest BCUT2D eigenvalue weighted by molar-refractivity contribution is 5.97. The third-order valence-corrected chi connectivity index (χ3v) is 4.67. The molecule has 4 aromatic rings. The average Bonchev–Trinajstić information content (AvgIpc) is 3.35. The highest BCUT2D eigenvalue weighted by Gasteiger charge is 2.19. The molecule has 0 aliphatic rings. The van der Waals surface area contributed by atoms with Crippen LogP contribution in [0.25, 0.3) is 22.1 Å². The number of nitrogens with zero attached hydrogens (tertiary/aromatic N) is 3. The van der Waals surface area contributed by atoms with Crippen LogP contribution in [0.15, 0.2) is 48.8 Å². The number of fused-ring (bicyclic) bond motifs is 2. The lowest BCUT2D eigenvalue weighted by Gasteiger charge is -2.11. The Hall–Kier alpha value is -3.72. The summed E-state index contributed by atoms with van der Waals surface area (Å²) in [6, 6.07) is 12.8. The molecular weight excluding hydrogens is 372 g/mol. The van der Waals surface area contributed by atoms with Gasteiger partial charge in [0.05, 0.1) is 35.5 Å². The second-order valence-corrected chi connectivity index (χ2v) is 6.53. The van der Waals surface area contributed by atoms with Crippen LogP contribution in [0.1, 0.15) is 22.3 Å². The summed E-state index contributed by atoms with van der Waals surface area (Å²) in [5.41, 5.74) is 9.42. The Balaban J connectivity index is 1.42. The first-order chi connectivity index (χ1) is 14.1. The van der Waals surface area contributed by atoms with E-state index in [0.29, 0.717) is 29.6 Å². The van der Waals surface area contributed by atoms with E-state index in [0.717, 1.165) is 16.9 Å². The van der Waals surface area contributed by atoms with Gasteiger partial charge in [-0.15, -0.1) is 0 Å². The van der Waals surface area contributed by atoms with E-state index in [9.17, 15) is 9.59 Å². The number of ether oxygens (including phenoxy) is 1. The number of benzene rings is 2. The molecule has 0 aliphatic heterocycles. The van der Waals surface area contributed by atoms with Crippen molar-refractivity contribution in [2.75, 3.05) is 13.7 Å². The van der Waals surface area contributed by atoms with Gasteiger partial charge in [-0.25, -0.2) is 14.8 Å². The number of amides is 1. The fraction of sp³-hybridized carbons (Fsp3) is 0.200. The normalized spacial score (nSPS) is 12.2. The van der Waals surface area contributed by atoms with Crippen LogP contribution in [0.2, 0.25) is 0 Å². The molecule has 4 N–H and O–H groups in total. The molecule has 2 aromatic heterocycles. The minimum Gasteiger partial charge on any atom is -0.466 e. The number of methoxy groups -OCH3 is 1. The standard InChI is InChI=1S/C20H20N6O3/c1-29-20(28)18(21)26-11-23-15-10-12(6-7-16(15)26)19(27)22-9-8-17-24-13-4-2-3-5-14(13)25-17/h2-7,10-11,18H,8-9,21H2,1H3,(H,22,27)(H,24,25). The minimum atomic E-state index is -0.992. The first-order valence-corrected chi connectivity index (χ1v) is 9.08. The van der Waals surface area contributed by atoms with E-state index in [2.05, 4.69) is 25.0 Å². The van der Waals surface area contributed by atoms with E-state index >= 15 is 0 Å². The summed E-state index contributed by atoms with van der Waals surface area (Å²) < 4.78 is 6.17. The molecule has 4 rings (SSSR count). The third kappa shape index (κ3) is 3.67. The fourth-order valence-corrected chi connectivity index (χ4v) is 3.15. The van der Waals surface area contributed by atoms with Crippen LogP contribution < -0.4 is 11.1 Å². The Morgan fingerprint density at radius 2 is 2.07 bits per heavy atom. The van der Waals surface area contributed by atoms with Crippen LogP contribution in [-0.4, -0.2) is 45.1 Å². The van der Waals surface area contributed by atoms with Crippen LogP contribution >= 0.6 is 0 Å². The molecular formula is C20H20N6O3. The molecule has 0 radical (unpaired) electrons. The quantitative estimate of drug-likeness (QED) is 0.427. The van der Waals surface area contributed by atoms with Gasteiger partial charge in [-0.05, 0) is 30.3 Å². The van der Waals surface area contributed by atoms with Crippen molar-refractivity contribution in [1.82, 2.24) is 24.8 Å². The molecule has 1 atom stereocenters. The van der Waals surface area contributed by atoms with Crippen LogP contribution in [0, 0.1) is 0 Å². The van der Waals surface area contributed by atoms with Crippen molar-refractivity contribution in [3.05, 3.63) is 60.2 Å². The van der Waals surface area contributed by atoms with Crippen molar-refractivity contribution in [3.8, 4) is 0 Å². The number of hydrogen-bond acceptors (Lipinski definition) is 6. The number of H-pyrrole nitrogens is 1. The first kappa shape index (κ1) is 18.6. The van der Waals surface area contributed by atoms with Gasteiger partial charge >= 0.3 is 5.97 Å². The number of hydrogen-bond donors (Lipinski definition) is 3. The fourth-order valence-electron chi connectivity index (χ4n) is 3.15. The van der Waals surface area contributed by atoms with E-state index in [1.54, 1.807) is 18.2 Å². The van der Waals surface area contributed by atoms with Gasteiger partial charge in [-0.2, -0.15) is 0 Å². The van der Waals surface area contributed by atoms with Crippen molar-refractivity contribution in [1.29, 1.82) is 0 Å². The number of carbonyl (C=O) groups is 2. The lowest BCUT2D eigenvalue weighted by atomic mass is 10.2. The van der Waals surface area contributed by atoms with E-state index < -0.39 is 12.1 Å². The number of nitrogens with one attached hydrogen (secondary N) is 2. The molecule has 148 valence electrons. The number of aromatic amines is 1. The Bertz CT molecular complexity index is 1160. The summed E-state index contributed by atoms with van der Waals surface area (Å²) in [5.74, 6) is 0.0315. The van der Waals surface area contributed by atoms with E-state index in [4.69, 9.17) is 5.73 Å². The van der Waals surface area contributed by atoms with E-state index in [1.807, 2.05) is 24.3 Å². The molecule has 9 nitrogen and oxygen atoms in total. The monoisotopic (exact) mass is 392 g/mol. The number of para-hydroxylation sites is 2. The predicted molar refractivity (Wildman–Crippen MR) is 107 cm³/mol. The largest absolute Gasteiger partial charge is 0.466 e. The van der Waals surface area contributed by atoms with Gasteiger partial charge in [-0.3, -0.25) is 4.79 Å². The summed E-state index contributed by atoms with van der Waals surface area (Å²) in [4.78, 5) is 36.1. The number of carbonyl (C=O) groups excluding carboxylic acids is 2. The molecule has 0 spiro atoms. The SMILES string of the molecule is COC(=O)C(N)n1cnc2cc(C(=O)NCCc3nc4ccccc4[nH]3)ccc21. The minimum absolute atomic E-state index is 0.213. The lowest BCUT2D eigenvalue weighted by Crippen LogP contribution is -2.28. The Labute approximate surface area is 165 Å². The van der Waals surface area contributed by atoms with Crippen molar-refractivity contribution >= 4 is 33.9 Å². The maximum atomic E-state index is 12.5. The Kier molecular flexibility index (Phi) is 4.96. The van der Waals surface area contributed by atoms with Gasteiger partial charge in [0.2, 0.25) is 0 Å². The highest BCUT2D eigenvalue weighted by atomic mass is 16.5. The van der Waals surface area contributed by atoms with Crippen LogP contribution in [-0.2, 0) is 16.0 Å². The van der Waals surface area contributed by atoms with Gasteiger partial charge in [0.15, 0.2) is 6.17 Å². The molecule has 0 saturated carbocycles. The van der Waals surface area contributed by atoms with E-state index in [1.165, 1.54) is 18.0 Å². The maximum absolute atomic E-state index is 12.5. The van der Waals surface area contributed by atoms with Gasteiger partial charge < -0.3 is 25.3 Å². The number of nitrogens with two attached hydrogens (primary N) is 1. The zero-order valence-corrected chi connectivity index (χ0v) is 15.8. The van der Waals surface area contributed by atoms with Gasteiger partial charge in [0, 0.05) is 18.5 Å². The second kappa shape index (κ2) is 7.72. The Morgan fingerprint density at radius 3 is 2.86 bits per heavy atom. The number of esters is 1. The van der Waals surface area contributed by atoms with Crippen LogP contribution in [0.5, 0.6) is 0 Å². The van der Waals surface area contributed by atoms with Crippen molar-refractivity contribution in [2.45, 2.75) is 12.6 Å². The van der Waals surface area contributed by atoms with Crippen LogP contribution in [0.3, 0.4) is 0 Å². The molecule has 0 aliphatic carbocycles. The Morgan fingerprint density at radius 1 is 1.24 bits per heavy atom. The zero-order chi connectivity index (χ0) is 20.4. The second-order valence-electron chi connectivity index (χ2n) is 6.53. The summed E-state index contributed by atoms with van der Waals surface area (Å²) in [7, 11) is 1.27. The maximum Gasteiger partial charge on any atom is 0.343 e. The number of rotatable bonds is 6. The predicted octanol–water partition coefficient (Wildman–Crippen LogP) is 1.52. The molecule has 2 heterocycles. The van der Waals surface area contributed by atoms with Crippen molar-refractivity contribution < 1.29 is 14.3 Å². The molecule has 9 heteroatoms. The topological polar surface area (TPSA) is 128 Å². The first-order valence-electron chi connectivity index (χ1n) is 9.08. The highest BCUT2D eigenvalue weighted by Crippen LogP contribution is 2.18. The third-order valence-electron chi connectivity index (χ3n) is 4.67. The zero-order valence-electron chi connectivity index (χ0n) is 15.8. The summed E-state index contributed by atoms with van der Waals surface area (Å²) in [6.07, 6.45) is 1.05. The molecule has 1 unspecified atom stereocenters. The van der Waals surface area contributed by atoms with Gasteiger partial charge in [0.25, 0.3) is 5.91 Å². The summed E-state index contributed by atoms with van der Waals surface area (Å²) in [6.45, 7) is 0.443. The van der Waals surface area contributed by atoms with Gasteiger partial charge in [0.1, 0.15) is 5.82 Å². The summed E-state index contributed by atoms with van der Waals surface area (Å²) in [5, 5.41) is 2.88. The lowest BCUT2D eigenvalue weighted by molar-refractivity contribution is -0.144. The molecule has 0 bridgehead atoms. The molecule has 0 saturated heterocycles. The molecule has 29 heavy (non-hydrogen) atoms. The molecule has 2 aromatic carbocycles. The van der Waals surface area contributed by atoms with Crippen molar-refractivity contribution in [3.63, 3.8) is 0 Å². The van der Waals surface area contributed by atoms with Crippen LogP contribution in [0.4, 0.5) is 0 Å². The summed E-state index contributed by atoms with van der Waals surface area (Å²) >= 11 is 0. The molecule has 1 amide bonds. The average molecular weight is 392 g/mol.